The number of nitrogens with one attached hydrogen (secondary N) is 1. The zero-order valence-corrected chi connectivity index (χ0v) is 16.9. The van der Waals surface area contributed by atoms with E-state index < -0.39 is 25.1 Å². The SMILES string of the molecule is COC(=O)CCNC(=O)[C@@H]1OP(=O)(CCCN2CCCC2)OCC1(C)C. The fraction of sp³-hybridized carbons (Fsp3) is 0.882. The third-order valence-corrected chi connectivity index (χ3v) is 6.73. The van der Waals surface area contributed by atoms with E-state index in [2.05, 4.69) is 15.0 Å². The Bertz CT molecular complexity index is 547. The van der Waals surface area contributed by atoms with E-state index in [1.807, 2.05) is 13.8 Å². The number of ether oxygens (including phenoxy) is 1. The molecular weight excluding hydrogens is 359 g/mol. The van der Waals surface area contributed by atoms with Crippen molar-refractivity contribution in [3.63, 3.8) is 0 Å². The highest BCUT2D eigenvalue weighted by atomic mass is 31.2. The molecule has 1 N–H and O–H groups in total. The zero-order chi connectivity index (χ0) is 19.2. The lowest BCUT2D eigenvalue weighted by atomic mass is 9.87. The van der Waals surface area contributed by atoms with Gasteiger partial charge in [-0.2, -0.15) is 0 Å². The van der Waals surface area contributed by atoms with Gasteiger partial charge in [0.05, 0.1) is 26.3 Å². The fourth-order valence-corrected chi connectivity index (χ4v) is 5.23. The lowest BCUT2D eigenvalue weighted by Crippen LogP contribution is -2.50. The summed E-state index contributed by atoms with van der Waals surface area (Å²) in [7, 11) is -2.00. The zero-order valence-electron chi connectivity index (χ0n) is 16.0. The number of esters is 1. The molecule has 2 heterocycles. The normalized spacial score (nSPS) is 28.7. The van der Waals surface area contributed by atoms with Crippen molar-refractivity contribution in [1.82, 2.24) is 10.2 Å². The average Bonchev–Trinajstić information content (AvgIpc) is 3.10. The van der Waals surface area contributed by atoms with Crippen LogP contribution < -0.4 is 5.32 Å². The molecular formula is C17H31N2O6P. The van der Waals surface area contributed by atoms with Gasteiger partial charge in [-0.05, 0) is 38.9 Å². The van der Waals surface area contributed by atoms with Gasteiger partial charge in [-0.3, -0.25) is 18.7 Å². The molecule has 26 heavy (non-hydrogen) atoms. The van der Waals surface area contributed by atoms with Crippen molar-refractivity contribution in [2.75, 3.05) is 46.1 Å². The van der Waals surface area contributed by atoms with Crippen LogP contribution >= 0.6 is 7.60 Å². The number of likely N-dealkylation sites (tertiary alicyclic amines) is 1. The van der Waals surface area contributed by atoms with Gasteiger partial charge in [-0.1, -0.05) is 13.8 Å². The first-order valence-electron chi connectivity index (χ1n) is 9.25. The Hall–Kier alpha value is -0.950. The Morgan fingerprint density at radius 1 is 1.31 bits per heavy atom. The maximum atomic E-state index is 12.9. The van der Waals surface area contributed by atoms with Gasteiger partial charge >= 0.3 is 13.6 Å². The maximum Gasteiger partial charge on any atom is 0.331 e. The summed E-state index contributed by atoms with van der Waals surface area (Å²) in [6.45, 7) is 7.08. The first-order valence-corrected chi connectivity index (χ1v) is 11.0. The Balaban J connectivity index is 1.86. The Kier molecular flexibility index (Phi) is 7.64. The van der Waals surface area contributed by atoms with Gasteiger partial charge in [0.15, 0.2) is 6.10 Å². The molecule has 2 aliphatic rings. The average molecular weight is 390 g/mol. The molecule has 9 heteroatoms. The lowest BCUT2D eigenvalue weighted by molar-refractivity contribution is -0.141. The number of hydrogen-bond donors (Lipinski definition) is 1. The monoisotopic (exact) mass is 390 g/mol. The second-order valence-corrected chi connectivity index (χ2v) is 9.74. The van der Waals surface area contributed by atoms with Crippen LogP contribution in [0.15, 0.2) is 0 Å². The summed E-state index contributed by atoms with van der Waals surface area (Å²) in [5.41, 5.74) is -0.599. The number of hydrogen-bond acceptors (Lipinski definition) is 7. The van der Waals surface area contributed by atoms with Crippen LogP contribution in [-0.2, 0) is 27.9 Å². The predicted octanol–water partition coefficient (Wildman–Crippen LogP) is 1.79. The van der Waals surface area contributed by atoms with Crippen LogP contribution in [0.4, 0.5) is 0 Å². The van der Waals surface area contributed by atoms with Crippen LogP contribution in [0.25, 0.3) is 0 Å². The number of rotatable bonds is 8. The van der Waals surface area contributed by atoms with Gasteiger partial charge < -0.3 is 19.5 Å². The summed E-state index contributed by atoms with van der Waals surface area (Å²) in [5, 5.41) is 2.66. The number of nitrogens with zero attached hydrogens (tertiary/aromatic N) is 1. The molecule has 2 rings (SSSR count). The highest BCUT2D eigenvalue weighted by Gasteiger charge is 2.47. The molecule has 2 saturated heterocycles. The van der Waals surface area contributed by atoms with Gasteiger partial charge in [-0.25, -0.2) is 0 Å². The molecule has 0 aromatic heterocycles. The van der Waals surface area contributed by atoms with E-state index in [0.717, 1.165) is 19.6 Å². The van der Waals surface area contributed by atoms with Crippen LogP contribution in [-0.4, -0.2) is 68.9 Å². The standard InChI is InChI=1S/C17H31N2O6P/c1-17(2)13-24-26(22,12-6-11-19-9-4-5-10-19)25-15(17)16(21)18-8-7-14(20)23-3/h15H,4-13H2,1-3H3,(H,18,21)/t15-,26?/m0/s1. The second-order valence-electron chi connectivity index (χ2n) is 7.60. The molecule has 2 atom stereocenters. The van der Waals surface area contributed by atoms with Crippen LogP contribution in [0.3, 0.4) is 0 Å². The fourth-order valence-electron chi connectivity index (χ4n) is 3.17. The smallest absolute Gasteiger partial charge is 0.331 e. The Morgan fingerprint density at radius 3 is 2.65 bits per heavy atom. The molecule has 0 spiro atoms. The van der Waals surface area contributed by atoms with Crippen LogP contribution in [0.2, 0.25) is 0 Å². The number of carbonyl (C=O) groups is 2. The summed E-state index contributed by atoms with van der Waals surface area (Å²) in [4.78, 5) is 26.0. The van der Waals surface area contributed by atoms with Crippen molar-refractivity contribution in [3.05, 3.63) is 0 Å². The van der Waals surface area contributed by atoms with Gasteiger partial charge in [0, 0.05) is 12.0 Å². The molecule has 0 aromatic rings. The van der Waals surface area contributed by atoms with Crippen molar-refractivity contribution in [3.8, 4) is 0 Å². The van der Waals surface area contributed by atoms with Crippen molar-refractivity contribution >= 4 is 19.5 Å². The van der Waals surface area contributed by atoms with Gasteiger partial charge in [-0.15, -0.1) is 0 Å². The van der Waals surface area contributed by atoms with E-state index in [9.17, 15) is 14.2 Å². The largest absolute Gasteiger partial charge is 0.469 e. The van der Waals surface area contributed by atoms with Gasteiger partial charge in [0.2, 0.25) is 5.91 Å². The van der Waals surface area contributed by atoms with Crippen molar-refractivity contribution < 1.29 is 27.9 Å². The summed E-state index contributed by atoms with van der Waals surface area (Å²) < 4.78 is 28.7. The third kappa shape index (κ3) is 6.05. The van der Waals surface area contributed by atoms with Crippen LogP contribution in [0.1, 0.15) is 39.5 Å². The van der Waals surface area contributed by atoms with E-state index in [0.29, 0.717) is 12.6 Å². The molecule has 0 saturated carbocycles. The topological polar surface area (TPSA) is 94.2 Å². The highest BCUT2D eigenvalue weighted by Crippen LogP contribution is 2.56. The summed E-state index contributed by atoms with van der Waals surface area (Å²) in [6, 6.07) is 0. The van der Waals surface area contributed by atoms with E-state index in [1.54, 1.807) is 0 Å². The number of carbonyl (C=O) groups excluding carboxylic acids is 2. The minimum absolute atomic E-state index is 0.0827. The second kappa shape index (κ2) is 9.31. The minimum Gasteiger partial charge on any atom is -0.469 e. The molecule has 1 amide bonds. The highest BCUT2D eigenvalue weighted by molar-refractivity contribution is 7.53. The first kappa shape index (κ1) is 21.4. The predicted molar refractivity (Wildman–Crippen MR) is 97.0 cm³/mol. The Morgan fingerprint density at radius 2 is 2.00 bits per heavy atom. The van der Waals surface area contributed by atoms with E-state index >= 15 is 0 Å². The first-order chi connectivity index (χ1) is 12.3. The number of methoxy groups -OCH3 is 1. The van der Waals surface area contributed by atoms with E-state index in [-0.39, 0.29) is 25.5 Å². The molecule has 1 unspecified atom stereocenters. The van der Waals surface area contributed by atoms with Crippen LogP contribution in [0, 0.1) is 5.41 Å². The molecule has 0 aromatic carbocycles. The van der Waals surface area contributed by atoms with Crippen molar-refractivity contribution in [1.29, 1.82) is 0 Å². The van der Waals surface area contributed by atoms with Gasteiger partial charge in [0.25, 0.3) is 0 Å². The summed E-state index contributed by atoms with van der Waals surface area (Å²) in [6.07, 6.45) is 2.67. The maximum absolute atomic E-state index is 12.9. The van der Waals surface area contributed by atoms with Crippen LogP contribution in [0.5, 0.6) is 0 Å². The lowest BCUT2D eigenvalue weighted by Gasteiger charge is -2.40. The molecule has 0 aliphatic carbocycles. The third-order valence-electron chi connectivity index (χ3n) is 4.81. The summed E-state index contributed by atoms with van der Waals surface area (Å²) >= 11 is 0. The Labute approximate surface area is 155 Å². The molecule has 2 fully saturated rings. The quantitative estimate of drug-likeness (QED) is 0.499. The van der Waals surface area contributed by atoms with E-state index in [4.69, 9.17) is 9.05 Å². The molecule has 0 radical (unpaired) electrons. The van der Waals surface area contributed by atoms with Gasteiger partial charge in [0.1, 0.15) is 0 Å². The minimum atomic E-state index is -3.30. The molecule has 150 valence electrons. The number of amides is 1. The molecule has 2 aliphatic heterocycles. The summed E-state index contributed by atoms with van der Waals surface area (Å²) in [5.74, 6) is -0.771. The van der Waals surface area contributed by atoms with Crippen molar-refractivity contribution in [2.45, 2.75) is 45.6 Å². The van der Waals surface area contributed by atoms with E-state index in [1.165, 1.54) is 20.0 Å². The molecule has 0 bridgehead atoms. The van der Waals surface area contributed by atoms with Crippen molar-refractivity contribution in [2.24, 2.45) is 5.41 Å². The molecule has 8 nitrogen and oxygen atoms in total.